The Hall–Kier alpha value is -3.57. The van der Waals surface area contributed by atoms with Crippen molar-refractivity contribution in [2.45, 2.75) is 76.4 Å². The number of aliphatic hydroxyl groups excluding tert-OH is 1. The van der Waals surface area contributed by atoms with Gasteiger partial charge in [0.1, 0.15) is 29.7 Å². The van der Waals surface area contributed by atoms with Crippen LogP contribution in [0, 0.1) is 17.8 Å². The molecule has 42 heavy (non-hydrogen) atoms. The lowest BCUT2D eigenvalue weighted by atomic mass is 9.74. The summed E-state index contributed by atoms with van der Waals surface area (Å²) in [6, 6.07) is 5.79. The third-order valence-corrected chi connectivity index (χ3v) is 9.09. The molecule has 0 saturated carbocycles. The Morgan fingerprint density at radius 2 is 1.88 bits per heavy atom. The van der Waals surface area contributed by atoms with E-state index in [1.165, 1.54) is 4.90 Å². The minimum atomic E-state index is -1.42. The molecule has 2 aromatic rings. The predicted octanol–water partition coefficient (Wildman–Crippen LogP) is 2.45. The van der Waals surface area contributed by atoms with Crippen molar-refractivity contribution in [1.82, 2.24) is 24.8 Å². The summed E-state index contributed by atoms with van der Waals surface area (Å²) in [5, 5.41) is 19.0. The number of hydrogen-bond acceptors (Lipinski definition) is 8. The summed E-state index contributed by atoms with van der Waals surface area (Å²) in [6.07, 6.45) is 10.4. The third kappa shape index (κ3) is 4.53. The topological polar surface area (TPSA) is 127 Å². The van der Waals surface area contributed by atoms with Gasteiger partial charge in [-0.15, -0.1) is 5.10 Å². The van der Waals surface area contributed by atoms with Gasteiger partial charge in [-0.25, -0.2) is 4.68 Å². The van der Waals surface area contributed by atoms with Crippen LogP contribution in [0.3, 0.4) is 0 Å². The zero-order valence-corrected chi connectivity index (χ0v) is 24.4. The molecule has 0 aliphatic carbocycles. The Bertz CT molecular complexity index is 1440. The van der Waals surface area contributed by atoms with Gasteiger partial charge >= 0.3 is 5.97 Å². The first-order valence-electron chi connectivity index (χ1n) is 14.9. The van der Waals surface area contributed by atoms with E-state index in [0.717, 1.165) is 24.8 Å². The molecule has 1 spiro atoms. The maximum absolute atomic E-state index is 14.7. The highest BCUT2D eigenvalue weighted by atomic mass is 16.6. The van der Waals surface area contributed by atoms with Crippen LogP contribution < -0.4 is 0 Å². The van der Waals surface area contributed by atoms with Crippen molar-refractivity contribution in [3.05, 3.63) is 48.6 Å². The molecule has 1 aromatic carbocycles. The van der Waals surface area contributed by atoms with Crippen molar-refractivity contribution < 1.29 is 29.0 Å². The maximum atomic E-state index is 14.7. The first-order valence-corrected chi connectivity index (χ1v) is 14.9. The average molecular weight is 578 g/mol. The van der Waals surface area contributed by atoms with Crippen molar-refractivity contribution in [3.8, 4) is 0 Å². The summed E-state index contributed by atoms with van der Waals surface area (Å²) < 4.78 is 14.2. The van der Waals surface area contributed by atoms with Crippen LogP contribution in [0.4, 0.5) is 0 Å². The molecule has 1 N–H and O–H groups in total. The van der Waals surface area contributed by atoms with Crippen LogP contribution in [-0.2, 0) is 30.5 Å². The lowest BCUT2D eigenvalue weighted by Crippen LogP contribution is -2.59. The highest BCUT2D eigenvalue weighted by molar-refractivity contribution is 5.99. The molecule has 2 amide bonds. The Morgan fingerprint density at radius 3 is 2.67 bits per heavy atom. The number of hydrogen-bond donors (Lipinski definition) is 1. The van der Waals surface area contributed by atoms with Crippen LogP contribution in [0.1, 0.15) is 46.5 Å². The molecular formula is C31H39N5O6. The number of likely N-dealkylation sites (tertiary alicyclic amines) is 1. The van der Waals surface area contributed by atoms with E-state index < -0.39 is 41.1 Å². The summed E-state index contributed by atoms with van der Waals surface area (Å²) >= 11 is 0. The molecule has 6 atom stereocenters. The molecule has 6 rings (SSSR count). The standard InChI is InChI=1S/C31H39N5O6/c1-20(2)17-21(18-37)36-26-28(39)34(19-35-23-12-7-6-11-22(23)32-33-35)15-10-14-31(26)24(27(36)38)25-29(40)41-16-9-5-4-8-13-30(25,3)42-31/h6-8,10-14,20-21,24-26,37H,4-5,9,15-19H2,1-3H3/b13-8-/t21-,24+,25+,26?,30-,31+/m1/s1. The molecule has 11 heteroatoms. The fourth-order valence-corrected chi connectivity index (χ4v) is 7.31. The number of allylic oxidation sites excluding steroid dienone is 1. The monoisotopic (exact) mass is 577 g/mol. The smallest absolute Gasteiger partial charge is 0.313 e. The SMILES string of the molecule is CC(C)C[C@H](CO)N1C(=O)[C@@H]2[C@H]3C(=O)OCCCC/C=C\[C@@]3(C)O[C@@]23C=CCN(Cn2nnc4ccccc42)C(=O)C13. The number of fused-ring (bicyclic) bond motifs is 3. The van der Waals surface area contributed by atoms with Crippen molar-refractivity contribution >= 4 is 28.8 Å². The number of aromatic nitrogens is 3. The van der Waals surface area contributed by atoms with E-state index in [1.54, 1.807) is 22.6 Å². The van der Waals surface area contributed by atoms with E-state index in [9.17, 15) is 19.5 Å². The van der Waals surface area contributed by atoms with Crippen LogP contribution in [0.15, 0.2) is 48.6 Å². The highest BCUT2D eigenvalue weighted by Gasteiger charge is 2.75. The van der Waals surface area contributed by atoms with Crippen LogP contribution in [0.2, 0.25) is 0 Å². The summed E-state index contributed by atoms with van der Waals surface area (Å²) in [5.41, 5.74) is -1.09. The molecule has 4 aliphatic heterocycles. The van der Waals surface area contributed by atoms with E-state index in [1.807, 2.05) is 56.3 Å². The normalized spacial score (nSPS) is 32.9. The van der Waals surface area contributed by atoms with Crippen LogP contribution in [0.25, 0.3) is 11.0 Å². The molecule has 11 nitrogen and oxygen atoms in total. The number of benzene rings is 1. The maximum Gasteiger partial charge on any atom is 0.313 e. The molecule has 0 bridgehead atoms. The fourth-order valence-electron chi connectivity index (χ4n) is 7.31. The Kier molecular flexibility index (Phi) is 7.43. The molecule has 224 valence electrons. The highest BCUT2D eigenvalue weighted by Crippen LogP contribution is 2.57. The van der Waals surface area contributed by atoms with Crippen LogP contribution in [-0.4, -0.2) is 90.7 Å². The third-order valence-electron chi connectivity index (χ3n) is 9.09. The summed E-state index contributed by atoms with van der Waals surface area (Å²) in [6.45, 7) is 6.13. The van der Waals surface area contributed by atoms with Gasteiger partial charge in [0, 0.05) is 6.54 Å². The molecule has 5 heterocycles. The van der Waals surface area contributed by atoms with Gasteiger partial charge in [0.05, 0.1) is 36.3 Å². The average Bonchev–Trinajstić information content (AvgIpc) is 3.52. The number of carbonyl (C=O) groups is 3. The molecule has 1 aromatic heterocycles. The number of amides is 2. The summed E-state index contributed by atoms with van der Waals surface area (Å²) in [4.78, 5) is 46.0. The molecule has 0 radical (unpaired) electrons. The Morgan fingerprint density at radius 1 is 1.07 bits per heavy atom. The second-order valence-electron chi connectivity index (χ2n) is 12.5. The van der Waals surface area contributed by atoms with Crippen molar-refractivity contribution in [3.63, 3.8) is 0 Å². The lowest BCUT2D eigenvalue weighted by Gasteiger charge is -2.40. The first-order chi connectivity index (χ1) is 20.2. The number of cyclic esters (lactones) is 1. The van der Waals surface area contributed by atoms with E-state index in [2.05, 4.69) is 10.3 Å². The second-order valence-corrected chi connectivity index (χ2v) is 12.5. The van der Waals surface area contributed by atoms with Gasteiger partial charge in [0.2, 0.25) is 5.91 Å². The van der Waals surface area contributed by atoms with Gasteiger partial charge in [0.25, 0.3) is 5.91 Å². The van der Waals surface area contributed by atoms with Gasteiger partial charge in [-0.3, -0.25) is 14.4 Å². The van der Waals surface area contributed by atoms with Gasteiger partial charge in [-0.2, -0.15) is 0 Å². The molecule has 1 unspecified atom stereocenters. The van der Waals surface area contributed by atoms with E-state index in [4.69, 9.17) is 9.47 Å². The summed E-state index contributed by atoms with van der Waals surface area (Å²) in [7, 11) is 0. The number of aliphatic hydroxyl groups is 1. The molecular weight excluding hydrogens is 538 g/mol. The van der Waals surface area contributed by atoms with Gasteiger partial charge in [0.15, 0.2) is 0 Å². The van der Waals surface area contributed by atoms with Gasteiger partial charge < -0.3 is 24.4 Å². The van der Waals surface area contributed by atoms with Gasteiger partial charge in [-0.1, -0.05) is 55.5 Å². The number of rotatable bonds is 6. The minimum Gasteiger partial charge on any atom is -0.465 e. The lowest BCUT2D eigenvalue weighted by molar-refractivity contribution is -0.162. The van der Waals surface area contributed by atoms with Crippen LogP contribution in [0.5, 0.6) is 0 Å². The first kappa shape index (κ1) is 28.5. The van der Waals surface area contributed by atoms with Crippen molar-refractivity contribution in [2.24, 2.45) is 17.8 Å². The number of nitrogens with zero attached hydrogens (tertiary/aromatic N) is 5. The predicted molar refractivity (Wildman–Crippen MR) is 152 cm³/mol. The summed E-state index contributed by atoms with van der Waals surface area (Å²) in [5.74, 6) is -3.00. The second kappa shape index (κ2) is 10.9. The molecule has 2 fully saturated rings. The zero-order valence-electron chi connectivity index (χ0n) is 24.4. The van der Waals surface area contributed by atoms with E-state index in [0.29, 0.717) is 11.9 Å². The minimum absolute atomic E-state index is 0.111. The Balaban J connectivity index is 1.46. The van der Waals surface area contributed by atoms with Crippen molar-refractivity contribution in [1.29, 1.82) is 0 Å². The molecule has 4 aliphatic rings. The van der Waals surface area contributed by atoms with E-state index in [-0.39, 0.29) is 44.2 Å². The van der Waals surface area contributed by atoms with E-state index >= 15 is 0 Å². The van der Waals surface area contributed by atoms with Crippen LogP contribution >= 0.6 is 0 Å². The number of carbonyl (C=O) groups excluding carboxylic acids is 3. The quantitative estimate of drug-likeness (QED) is 0.410. The number of esters is 1. The number of para-hydroxylation sites is 1. The zero-order chi connectivity index (χ0) is 29.6. The fraction of sp³-hybridized carbons (Fsp3) is 0.581. The Labute approximate surface area is 245 Å². The molecule has 2 saturated heterocycles. The van der Waals surface area contributed by atoms with Crippen molar-refractivity contribution in [2.75, 3.05) is 19.8 Å². The van der Waals surface area contributed by atoms with Gasteiger partial charge in [-0.05, 0) is 50.7 Å². The largest absolute Gasteiger partial charge is 0.465 e. The number of ether oxygens (including phenoxy) is 2.